The molecule has 0 aliphatic rings. The van der Waals surface area contributed by atoms with Crippen LogP contribution in [-0.4, -0.2) is 18.3 Å². The fourth-order valence-electron chi connectivity index (χ4n) is 22.0. The number of aromatic nitrogens is 8. The van der Waals surface area contributed by atoms with E-state index < -0.39 is 0 Å². The number of hydrogen-bond acceptors (Lipinski definition) is 0. The summed E-state index contributed by atoms with van der Waals surface area (Å²) >= 11 is 0. The van der Waals surface area contributed by atoms with Crippen molar-refractivity contribution in [3.63, 3.8) is 0 Å². The van der Waals surface area contributed by atoms with Crippen LogP contribution in [-0.2, 0) is 33.6 Å². The predicted octanol–water partition coefficient (Wildman–Crippen LogP) is 35.0. The first-order chi connectivity index (χ1) is 70.2. The van der Waals surface area contributed by atoms with Gasteiger partial charge in [0, 0.05) is 38.8 Å². The molecule has 0 atom stereocenters. The van der Waals surface area contributed by atoms with Crippen LogP contribution in [0.3, 0.4) is 0 Å². The quantitative estimate of drug-likeness (QED) is 0.0724. The van der Waals surface area contributed by atoms with E-state index >= 15 is 0 Å². The first-order valence-electron chi connectivity index (χ1n) is 52.8. The highest BCUT2D eigenvalue weighted by atomic mass is 15.2. The lowest BCUT2D eigenvalue weighted by atomic mass is 9.85. The van der Waals surface area contributed by atoms with E-state index in [4.69, 9.17) is 0 Å². The third-order valence-corrected chi connectivity index (χ3v) is 30.0. The summed E-state index contributed by atoms with van der Waals surface area (Å²) in [5.41, 5.74) is 47.9. The molecule has 0 bridgehead atoms. The van der Waals surface area contributed by atoms with E-state index in [1.165, 1.54) is 240 Å². The van der Waals surface area contributed by atoms with Crippen LogP contribution in [0.15, 0.2) is 370 Å². The van der Waals surface area contributed by atoms with Crippen LogP contribution in [0.25, 0.3) is 168 Å². The zero-order valence-electron chi connectivity index (χ0n) is 90.8. The summed E-state index contributed by atoms with van der Waals surface area (Å²) in [5.74, 6) is 7.56. The van der Waals surface area contributed by atoms with Gasteiger partial charge in [-0.05, 0) is 280 Å². The van der Waals surface area contributed by atoms with Gasteiger partial charge in [0.1, 0.15) is 22.7 Å². The Bertz CT molecular complexity index is 8290. The highest BCUT2D eigenvalue weighted by molar-refractivity contribution is 5.94. The molecule has 8 nitrogen and oxygen atoms in total. The Kier molecular flexibility index (Phi) is 29.2. The van der Waals surface area contributed by atoms with Gasteiger partial charge in [0.15, 0.2) is 44.1 Å². The highest BCUT2D eigenvalue weighted by Gasteiger charge is 2.38. The van der Waals surface area contributed by atoms with Gasteiger partial charge >= 0.3 is 0 Å². The van der Waals surface area contributed by atoms with E-state index in [1.807, 2.05) is 0 Å². The molecule has 0 N–H and O–H groups in total. The van der Waals surface area contributed by atoms with Crippen molar-refractivity contribution >= 4 is 54.9 Å². The fraction of sp³-hybridized carbons (Fsp3) is 0.246. The molecule has 0 aliphatic carbocycles. The number of rotatable bonds is 19. The van der Waals surface area contributed by atoms with E-state index in [0.717, 1.165) is 0 Å². The molecule has 0 fully saturated rings. The Morgan fingerprint density at radius 2 is 0.521 bits per heavy atom. The second-order valence-electron chi connectivity index (χ2n) is 43.6. The van der Waals surface area contributed by atoms with Crippen LogP contribution >= 0.6 is 0 Å². The fourth-order valence-corrected chi connectivity index (χ4v) is 22.0. The molecule has 734 valence electrons. The molecular weight excluding hydrogens is 1770 g/mol. The maximum absolute atomic E-state index is 2.55. The predicted molar refractivity (Wildman–Crippen MR) is 620 cm³/mol. The average Bonchev–Trinajstić information content (AvgIpc) is 1.57. The number of hydrogen-bond donors (Lipinski definition) is 0. The lowest BCUT2D eigenvalue weighted by molar-refractivity contribution is -0.634. The molecule has 8 heteroatoms. The van der Waals surface area contributed by atoms with Crippen LogP contribution < -0.4 is 18.3 Å². The van der Waals surface area contributed by atoms with Gasteiger partial charge in [-0.3, -0.25) is 0 Å². The third-order valence-electron chi connectivity index (χ3n) is 30.0. The molecule has 0 saturated heterocycles. The topological polar surface area (TPSA) is 35.2 Å². The summed E-state index contributed by atoms with van der Waals surface area (Å²) < 4.78 is 19.5. The summed E-state index contributed by atoms with van der Waals surface area (Å²) in [6, 6.07) is 136. The summed E-state index contributed by atoms with van der Waals surface area (Å²) in [4.78, 5) is 0. The zero-order valence-corrected chi connectivity index (χ0v) is 90.8. The monoisotopic (exact) mass is 1920 g/mol. The van der Waals surface area contributed by atoms with Crippen LogP contribution in [0.4, 0.5) is 0 Å². The van der Waals surface area contributed by atoms with Crippen LogP contribution in [0.2, 0.25) is 0 Å². The second kappa shape index (κ2) is 42.3. The lowest BCUT2D eigenvalue weighted by Gasteiger charge is -2.22. The maximum atomic E-state index is 2.55. The van der Waals surface area contributed by atoms with Gasteiger partial charge in [-0.25, -0.2) is 18.3 Å². The Labute approximate surface area is 868 Å². The van der Waals surface area contributed by atoms with Gasteiger partial charge in [0.05, 0.1) is 50.4 Å². The molecule has 0 aliphatic heterocycles. The van der Waals surface area contributed by atoms with Crippen molar-refractivity contribution in [2.75, 3.05) is 0 Å². The van der Waals surface area contributed by atoms with Crippen molar-refractivity contribution in [3.8, 4) is 113 Å². The largest absolute Gasteiger partial charge is 0.295 e. The molecule has 4 aromatic heterocycles. The molecule has 4 heterocycles. The van der Waals surface area contributed by atoms with Crippen molar-refractivity contribution in [1.29, 1.82) is 0 Å². The van der Waals surface area contributed by atoms with E-state index in [2.05, 4.69) is 587 Å². The normalized spacial score (nSPS) is 11.8. The van der Waals surface area contributed by atoms with E-state index in [-0.39, 0.29) is 5.41 Å². The number of benzene rings is 17. The molecule has 21 aromatic rings. The van der Waals surface area contributed by atoms with Gasteiger partial charge in [0.25, 0.3) is 23.3 Å². The second-order valence-corrected chi connectivity index (χ2v) is 43.6. The van der Waals surface area contributed by atoms with Gasteiger partial charge in [-0.2, -0.15) is 18.3 Å². The molecule has 0 spiro atoms. The molecule has 0 radical (unpaired) electrons. The van der Waals surface area contributed by atoms with Crippen molar-refractivity contribution in [1.82, 2.24) is 18.3 Å². The number of imidazole rings is 4. The lowest BCUT2D eigenvalue weighted by Crippen LogP contribution is -2.30. The molecule has 17 aromatic carbocycles. The SMILES string of the molecule is Cc1cc(-c2ccccc2)ccc1-c1n(-c2c(C(C)C)cc(-c3ccccc3)cc2C(C)C)c2ccccc2[n+]1C.Cc1cc(C(C)(C)C)ccc1-c1n(-c2c(C(C)C)cc(-c3ccccc3)cc2C(C)C)c2ccccc2[n+]1C.Cc1cc(C(C)C)ccc1-c1n(-c2c(C(C)C)cc(-c3ccccc3)cc2C(C)C)c2ccccc2[n+]1C.Cc1ccc(C)c(-c2n(-c3cccc4ccccc34)c3ccccc3[n+]2C)c1. The standard InChI is InChI=1S/C39H39N2.C37H43N2.C36H41N2.C26H23N2/c1-26(2)34-24-32(30-17-11-8-12-18-30)25-35(27(3)4)38(34)41-37-20-14-13-19-36(37)40(6)39(41)33-22-21-31(23-28(33)5)29-15-9-7-10-16-29;1-24(2)31-22-28(27-15-11-10-12-16-27)23-32(25(3)4)35(31)39-34-18-14-13-17-33(34)38(9)36(39)30-20-19-29(21-26(30)5)37(6,7)8;1-23(2)28-18-19-30(26(7)20-28)36-37(8)33-16-12-13-17-34(33)38(36)35-31(24(3)4)21-29(22-32(35)25(5)6)27-14-10-9-11-15-27;1-18-15-16-19(2)22(17-18)26-27(3)24-12-6-7-13-25(24)28(26)23-14-8-10-20-9-4-5-11-21(20)23/h7-27H,1-6H3;10-25H,1-9H3;9-25H,1-8H3;4-17H,1-3H3/q4*+1. The van der Waals surface area contributed by atoms with Gasteiger partial charge in [0.2, 0.25) is 0 Å². The first kappa shape index (κ1) is 101. The Morgan fingerprint density at radius 1 is 0.219 bits per heavy atom. The summed E-state index contributed by atoms with van der Waals surface area (Å²) in [6.45, 7) is 50.4. The average molecular weight is 1920 g/mol. The number of para-hydroxylation sites is 8. The summed E-state index contributed by atoms with van der Waals surface area (Å²) in [5, 5.41) is 2.52. The minimum atomic E-state index is 0.112. The van der Waals surface area contributed by atoms with Gasteiger partial charge in [-0.15, -0.1) is 0 Å². The number of fused-ring (bicyclic) bond motifs is 5. The Balaban J connectivity index is 0.000000129. The van der Waals surface area contributed by atoms with Crippen molar-refractivity contribution in [3.05, 3.63) is 442 Å². The van der Waals surface area contributed by atoms with E-state index in [9.17, 15) is 0 Å². The zero-order chi connectivity index (χ0) is 103. The first-order valence-corrected chi connectivity index (χ1v) is 52.8. The van der Waals surface area contributed by atoms with E-state index in [1.54, 1.807) is 0 Å². The molecule has 0 unspecified atom stereocenters. The van der Waals surface area contributed by atoms with Crippen molar-refractivity contribution in [2.24, 2.45) is 28.2 Å². The Morgan fingerprint density at radius 3 is 0.863 bits per heavy atom. The molecule has 0 amide bonds. The molecule has 0 saturated carbocycles. The van der Waals surface area contributed by atoms with Crippen molar-refractivity contribution in [2.45, 2.75) is 199 Å². The summed E-state index contributed by atoms with van der Waals surface area (Å²) in [7, 11) is 8.81. The molecule has 146 heavy (non-hydrogen) atoms. The minimum absolute atomic E-state index is 0.112. The highest BCUT2D eigenvalue weighted by Crippen LogP contribution is 2.47. The maximum Gasteiger partial charge on any atom is 0.295 e. The third kappa shape index (κ3) is 19.6. The van der Waals surface area contributed by atoms with E-state index in [0.29, 0.717) is 41.4 Å². The van der Waals surface area contributed by atoms with Crippen LogP contribution in [0, 0.1) is 34.6 Å². The van der Waals surface area contributed by atoms with Gasteiger partial charge < -0.3 is 0 Å². The van der Waals surface area contributed by atoms with Gasteiger partial charge in [-0.1, -0.05) is 378 Å². The van der Waals surface area contributed by atoms with Crippen LogP contribution in [0.5, 0.6) is 0 Å². The Hall–Kier alpha value is -15.1. The van der Waals surface area contributed by atoms with Crippen molar-refractivity contribution < 1.29 is 18.3 Å². The number of nitrogens with zero attached hydrogens (tertiary/aromatic N) is 8. The molecule has 21 rings (SSSR count). The summed E-state index contributed by atoms with van der Waals surface area (Å²) in [6.07, 6.45) is 0. The smallest absolute Gasteiger partial charge is 0.225 e. The van der Waals surface area contributed by atoms with Crippen LogP contribution in [0.1, 0.15) is 231 Å². The number of aryl methyl sites for hydroxylation is 9. The minimum Gasteiger partial charge on any atom is -0.225 e. The molecular formula is C138H146N8+4.